The van der Waals surface area contributed by atoms with Crippen LogP contribution in [0.25, 0.3) is 34.2 Å². The van der Waals surface area contributed by atoms with Crippen LogP contribution in [0.15, 0.2) is 202 Å². The van der Waals surface area contributed by atoms with Crippen molar-refractivity contribution in [3.05, 3.63) is 193 Å². The lowest BCUT2D eigenvalue weighted by Crippen LogP contribution is -2.00. The summed E-state index contributed by atoms with van der Waals surface area (Å²) in [5.41, 5.74) is 5.95. The molecule has 8 aromatic rings. The standard InChI is InChI=1S/C44H32N6S2/c1-7-19-33(20-8-1)31-45-39-43(49(37-27-15-5-16-28-37)41(47-39)35-23-11-3-12-24-35)51-52-44-40(46-32-34-21-9-2-10-22-34)48-42(36-25-13-4-14-26-36)50(44)38-29-17-6-18-30-38/h1-32H/b45-31+,46-32+. The molecule has 6 aromatic carbocycles. The molecule has 8 rings (SSSR count). The third-order valence-corrected chi connectivity index (χ3v) is 10.5. The fraction of sp³-hybridized carbons (Fsp3) is 0. The van der Waals surface area contributed by atoms with Gasteiger partial charge in [-0.15, -0.1) is 0 Å². The Morgan fingerprint density at radius 3 is 1.04 bits per heavy atom. The van der Waals surface area contributed by atoms with Gasteiger partial charge in [0.25, 0.3) is 0 Å². The second kappa shape index (κ2) is 15.8. The van der Waals surface area contributed by atoms with Crippen LogP contribution in [-0.2, 0) is 0 Å². The summed E-state index contributed by atoms with van der Waals surface area (Å²) >= 11 is 0. The molecule has 0 unspecified atom stereocenters. The number of benzene rings is 6. The van der Waals surface area contributed by atoms with Crippen LogP contribution in [0, 0.1) is 0 Å². The van der Waals surface area contributed by atoms with E-state index in [4.69, 9.17) is 20.0 Å². The molecule has 0 aliphatic rings. The highest BCUT2D eigenvalue weighted by Gasteiger charge is 2.25. The van der Waals surface area contributed by atoms with Crippen molar-refractivity contribution in [3.63, 3.8) is 0 Å². The summed E-state index contributed by atoms with van der Waals surface area (Å²) in [6, 6.07) is 61.4. The topological polar surface area (TPSA) is 60.4 Å². The predicted octanol–water partition coefficient (Wildman–Crippen LogP) is 11.7. The van der Waals surface area contributed by atoms with E-state index in [2.05, 4.69) is 57.7 Å². The Kier molecular flexibility index (Phi) is 9.99. The van der Waals surface area contributed by atoms with Crippen molar-refractivity contribution < 1.29 is 0 Å². The van der Waals surface area contributed by atoms with Crippen LogP contribution in [0.2, 0.25) is 0 Å². The van der Waals surface area contributed by atoms with Crippen LogP contribution in [0.5, 0.6) is 0 Å². The molecule has 0 bridgehead atoms. The number of rotatable bonds is 11. The summed E-state index contributed by atoms with van der Waals surface area (Å²) in [5.74, 6) is 2.85. The molecule has 0 atom stereocenters. The number of para-hydroxylation sites is 2. The van der Waals surface area contributed by atoms with Crippen molar-refractivity contribution in [2.24, 2.45) is 9.98 Å². The molecular weight excluding hydrogens is 677 g/mol. The van der Waals surface area contributed by atoms with Gasteiger partial charge in [0.05, 0.1) is 0 Å². The Morgan fingerprint density at radius 2 is 0.692 bits per heavy atom. The van der Waals surface area contributed by atoms with E-state index in [1.807, 2.05) is 146 Å². The minimum atomic E-state index is 0.618. The molecular formula is C44H32N6S2. The Morgan fingerprint density at radius 1 is 0.385 bits per heavy atom. The maximum atomic E-state index is 5.19. The number of aliphatic imine (C=N–C) groups is 2. The number of hydrogen-bond donors (Lipinski definition) is 0. The van der Waals surface area contributed by atoms with Crippen LogP contribution in [0.4, 0.5) is 11.6 Å². The van der Waals surface area contributed by atoms with Crippen LogP contribution < -0.4 is 0 Å². The summed E-state index contributed by atoms with van der Waals surface area (Å²) < 4.78 is 4.39. The number of aromatic nitrogens is 4. The molecule has 6 nitrogen and oxygen atoms in total. The lowest BCUT2D eigenvalue weighted by atomic mass is 10.2. The number of hydrogen-bond acceptors (Lipinski definition) is 6. The molecule has 0 spiro atoms. The van der Waals surface area contributed by atoms with E-state index in [1.165, 1.54) is 0 Å². The van der Waals surface area contributed by atoms with Crippen LogP contribution in [-0.4, -0.2) is 31.5 Å². The van der Waals surface area contributed by atoms with E-state index in [9.17, 15) is 0 Å². The first-order valence-corrected chi connectivity index (χ1v) is 19.0. The van der Waals surface area contributed by atoms with Crippen molar-refractivity contribution in [1.82, 2.24) is 19.1 Å². The zero-order valence-corrected chi connectivity index (χ0v) is 29.6. The van der Waals surface area contributed by atoms with Crippen LogP contribution in [0.3, 0.4) is 0 Å². The van der Waals surface area contributed by atoms with Crippen LogP contribution in [0.1, 0.15) is 11.1 Å². The van der Waals surface area contributed by atoms with Crippen molar-refractivity contribution in [1.29, 1.82) is 0 Å². The van der Waals surface area contributed by atoms with E-state index < -0.39 is 0 Å². The number of nitrogens with zero attached hydrogens (tertiary/aromatic N) is 6. The minimum absolute atomic E-state index is 0.618. The van der Waals surface area contributed by atoms with Gasteiger partial charge in [0.2, 0.25) is 0 Å². The average Bonchev–Trinajstić information content (AvgIpc) is 3.78. The second-order valence-electron chi connectivity index (χ2n) is 11.7. The van der Waals surface area contributed by atoms with Gasteiger partial charge in [-0.05, 0) is 57.0 Å². The summed E-state index contributed by atoms with van der Waals surface area (Å²) in [6.07, 6.45) is 3.75. The van der Waals surface area contributed by atoms with Crippen molar-refractivity contribution in [2.45, 2.75) is 10.1 Å². The molecule has 8 heteroatoms. The third kappa shape index (κ3) is 7.30. The smallest absolute Gasteiger partial charge is 0.186 e. The highest BCUT2D eigenvalue weighted by atomic mass is 33.1. The van der Waals surface area contributed by atoms with E-state index in [0.29, 0.717) is 11.6 Å². The quantitative estimate of drug-likeness (QED) is 0.0991. The van der Waals surface area contributed by atoms with Gasteiger partial charge in [-0.1, -0.05) is 158 Å². The Balaban J connectivity index is 1.31. The summed E-state index contributed by atoms with van der Waals surface area (Å²) in [4.78, 5) is 20.4. The maximum absolute atomic E-state index is 5.19. The fourth-order valence-corrected chi connectivity index (χ4v) is 8.13. The first-order valence-electron chi connectivity index (χ1n) is 16.8. The molecule has 52 heavy (non-hydrogen) atoms. The van der Waals surface area contributed by atoms with Gasteiger partial charge in [-0.2, -0.15) is 0 Å². The van der Waals surface area contributed by atoms with Gasteiger partial charge in [-0.3, -0.25) is 9.13 Å². The second-order valence-corrected chi connectivity index (χ2v) is 13.8. The Labute approximate surface area is 310 Å². The molecule has 0 saturated heterocycles. The highest BCUT2D eigenvalue weighted by molar-refractivity contribution is 8.76. The molecule has 2 aromatic heterocycles. The molecule has 0 aliphatic carbocycles. The number of imidazole rings is 2. The summed E-state index contributed by atoms with van der Waals surface area (Å²) in [5, 5.41) is 1.75. The molecule has 250 valence electrons. The van der Waals surface area contributed by atoms with Crippen molar-refractivity contribution in [3.8, 4) is 34.2 Å². The van der Waals surface area contributed by atoms with Gasteiger partial charge in [0, 0.05) is 34.9 Å². The van der Waals surface area contributed by atoms with E-state index in [1.54, 1.807) is 21.6 Å². The van der Waals surface area contributed by atoms with Crippen LogP contribution >= 0.6 is 21.6 Å². The summed E-state index contributed by atoms with van der Waals surface area (Å²) in [6.45, 7) is 0. The van der Waals surface area contributed by atoms with E-state index in [0.717, 1.165) is 55.3 Å². The lowest BCUT2D eigenvalue weighted by Gasteiger charge is -2.14. The SMILES string of the molecule is C(=N\c1nc(-c2ccccc2)n(-c2ccccc2)c1SSc1c(/N=C/c2ccccc2)nc(-c2ccccc2)n1-c1ccccc1)/c1ccccc1. The lowest BCUT2D eigenvalue weighted by molar-refractivity contribution is 0.959. The minimum Gasteiger partial charge on any atom is -0.285 e. The van der Waals surface area contributed by atoms with Crippen molar-refractivity contribution >= 4 is 45.7 Å². The highest BCUT2D eigenvalue weighted by Crippen LogP contribution is 2.49. The molecule has 0 N–H and O–H groups in total. The van der Waals surface area contributed by atoms with E-state index >= 15 is 0 Å². The predicted molar refractivity (Wildman–Crippen MR) is 217 cm³/mol. The normalized spacial score (nSPS) is 11.5. The van der Waals surface area contributed by atoms with Gasteiger partial charge < -0.3 is 0 Å². The third-order valence-electron chi connectivity index (χ3n) is 8.20. The largest absolute Gasteiger partial charge is 0.285 e. The Bertz CT molecular complexity index is 2250. The van der Waals surface area contributed by atoms with E-state index in [-0.39, 0.29) is 0 Å². The average molecular weight is 709 g/mol. The molecule has 0 saturated carbocycles. The van der Waals surface area contributed by atoms with Crippen molar-refractivity contribution in [2.75, 3.05) is 0 Å². The summed E-state index contributed by atoms with van der Waals surface area (Å²) in [7, 11) is 3.19. The zero-order valence-electron chi connectivity index (χ0n) is 28.0. The molecule has 0 fully saturated rings. The van der Waals surface area contributed by atoms with Gasteiger partial charge in [0.1, 0.15) is 21.7 Å². The molecule has 2 heterocycles. The first kappa shape index (κ1) is 33.0. The first-order chi connectivity index (χ1) is 25.8. The fourth-order valence-electron chi connectivity index (χ4n) is 5.73. The monoisotopic (exact) mass is 708 g/mol. The molecule has 0 radical (unpaired) electrons. The molecule has 0 amide bonds. The van der Waals surface area contributed by atoms with Gasteiger partial charge in [-0.25, -0.2) is 20.0 Å². The van der Waals surface area contributed by atoms with Gasteiger partial charge in [0.15, 0.2) is 11.6 Å². The zero-order chi connectivity index (χ0) is 35.0. The molecule has 0 aliphatic heterocycles. The Hall–Kier alpha value is -6.22. The van der Waals surface area contributed by atoms with Gasteiger partial charge >= 0.3 is 0 Å². The maximum Gasteiger partial charge on any atom is 0.186 e.